The molecule has 0 aliphatic carbocycles. The van der Waals surface area contributed by atoms with Crippen LogP contribution in [0.25, 0.3) is 0 Å². The third-order valence-corrected chi connectivity index (χ3v) is 3.38. The maximum atomic E-state index is 13.1. The van der Waals surface area contributed by atoms with E-state index >= 15 is 0 Å². The van der Waals surface area contributed by atoms with E-state index < -0.39 is 17.6 Å². The first-order valence-electron chi connectivity index (χ1n) is 6.90. The quantitative estimate of drug-likeness (QED) is 0.925. The topological polar surface area (TPSA) is 38.3 Å². The summed E-state index contributed by atoms with van der Waals surface area (Å²) in [5.74, 6) is -0.306. The number of carbonyl (C=O) groups is 1. The van der Waals surface area contributed by atoms with E-state index in [1.54, 1.807) is 24.3 Å². The average Bonchev–Trinajstić information content (AvgIpc) is 2.52. The van der Waals surface area contributed by atoms with Crippen LogP contribution in [0.15, 0.2) is 42.5 Å². The van der Waals surface area contributed by atoms with Gasteiger partial charge in [-0.15, -0.1) is 0 Å². The van der Waals surface area contributed by atoms with E-state index in [0.717, 1.165) is 11.6 Å². The summed E-state index contributed by atoms with van der Waals surface area (Å²) >= 11 is 0. The molecule has 1 N–H and O–H groups in total. The van der Waals surface area contributed by atoms with Gasteiger partial charge in [0, 0.05) is 12.1 Å². The van der Waals surface area contributed by atoms with E-state index in [9.17, 15) is 18.0 Å². The van der Waals surface area contributed by atoms with Crippen LogP contribution in [0.4, 0.5) is 13.2 Å². The monoisotopic (exact) mass is 323 g/mol. The van der Waals surface area contributed by atoms with Gasteiger partial charge in [-0.2, -0.15) is 13.2 Å². The zero-order chi connectivity index (χ0) is 17.0. The van der Waals surface area contributed by atoms with E-state index in [-0.39, 0.29) is 17.9 Å². The van der Waals surface area contributed by atoms with Crippen molar-refractivity contribution < 1.29 is 22.7 Å². The molecule has 2 aromatic rings. The van der Waals surface area contributed by atoms with Gasteiger partial charge in [-0.05, 0) is 36.8 Å². The van der Waals surface area contributed by atoms with Gasteiger partial charge in [-0.1, -0.05) is 23.8 Å². The SMILES string of the molecule is COc1ccc(CNC(=O)c2ccc(C)cc2)c(C(F)(F)F)c1. The number of benzene rings is 2. The molecule has 0 atom stereocenters. The van der Waals surface area contributed by atoms with Gasteiger partial charge in [0.25, 0.3) is 5.91 Å². The van der Waals surface area contributed by atoms with Gasteiger partial charge in [-0.3, -0.25) is 4.79 Å². The number of carbonyl (C=O) groups excluding carboxylic acids is 1. The van der Waals surface area contributed by atoms with Crippen LogP contribution in [0.3, 0.4) is 0 Å². The Bertz CT molecular complexity index is 694. The Hall–Kier alpha value is -2.50. The first-order valence-corrected chi connectivity index (χ1v) is 6.90. The lowest BCUT2D eigenvalue weighted by molar-refractivity contribution is -0.138. The lowest BCUT2D eigenvalue weighted by Gasteiger charge is -2.15. The molecule has 2 aromatic carbocycles. The molecule has 0 fully saturated rings. The molecule has 0 bridgehead atoms. The fourth-order valence-electron chi connectivity index (χ4n) is 2.08. The summed E-state index contributed by atoms with van der Waals surface area (Å²) in [6, 6.07) is 10.5. The number of rotatable bonds is 4. The summed E-state index contributed by atoms with van der Waals surface area (Å²) in [4.78, 5) is 12.0. The maximum absolute atomic E-state index is 13.1. The summed E-state index contributed by atoms with van der Waals surface area (Å²) in [7, 11) is 1.30. The minimum Gasteiger partial charge on any atom is -0.497 e. The van der Waals surface area contributed by atoms with Crippen LogP contribution in [0.2, 0.25) is 0 Å². The number of amides is 1. The normalized spacial score (nSPS) is 11.2. The van der Waals surface area contributed by atoms with Gasteiger partial charge in [0.05, 0.1) is 12.7 Å². The summed E-state index contributed by atoms with van der Waals surface area (Å²) in [5.41, 5.74) is 0.563. The smallest absolute Gasteiger partial charge is 0.416 e. The Labute approximate surface area is 132 Å². The van der Waals surface area contributed by atoms with E-state index in [2.05, 4.69) is 5.32 Å². The molecule has 0 heterocycles. The molecule has 0 unspecified atom stereocenters. The van der Waals surface area contributed by atoms with Crippen LogP contribution < -0.4 is 10.1 Å². The van der Waals surface area contributed by atoms with Gasteiger partial charge in [0.1, 0.15) is 5.75 Å². The molecule has 23 heavy (non-hydrogen) atoms. The number of ether oxygens (including phenoxy) is 1. The highest BCUT2D eigenvalue weighted by Gasteiger charge is 2.33. The summed E-state index contributed by atoms with van der Waals surface area (Å²) in [6.07, 6.45) is -4.52. The molecule has 0 aliphatic heterocycles. The summed E-state index contributed by atoms with van der Waals surface area (Å²) in [5, 5.41) is 2.50. The Morgan fingerprint density at radius 2 is 1.78 bits per heavy atom. The molecule has 0 spiro atoms. The number of methoxy groups -OCH3 is 1. The Balaban J connectivity index is 2.16. The van der Waals surface area contributed by atoms with E-state index in [4.69, 9.17) is 4.74 Å². The minimum absolute atomic E-state index is 0.0150. The number of hydrogen-bond donors (Lipinski definition) is 1. The molecule has 0 aromatic heterocycles. The first-order chi connectivity index (χ1) is 10.8. The highest BCUT2D eigenvalue weighted by atomic mass is 19.4. The third kappa shape index (κ3) is 4.25. The molecule has 1 amide bonds. The van der Waals surface area contributed by atoms with Crippen LogP contribution >= 0.6 is 0 Å². The van der Waals surface area contributed by atoms with Crippen LogP contribution in [-0.4, -0.2) is 13.0 Å². The molecule has 2 rings (SSSR count). The van der Waals surface area contributed by atoms with Crippen molar-refractivity contribution in [3.05, 3.63) is 64.7 Å². The largest absolute Gasteiger partial charge is 0.497 e. The standard InChI is InChI=1S/C17H16F3NO2/c1-11-3-5-12(6-4-11)16(22)21-10-13-7-8-14(23-2)9-15(13)17(18,19)20/h3-9H,10H2,1-2H3,(H,21,22). The van der Waals surface area contributed by atoms with Gasteiger partial charge in [0.2, 0.25) is 0 Å². The zero-order valence-electron chi connectivity index (χ0n) is 12.7. The molecule has 6 heteroatoms. The molecule has 0 radical (unpaired) electrons. The molecular formula is C17H16F3NO2. The fraction of sp³-hybridized carbons (Fsp3) is 0.235. The predicted molar refractivity (Wildman–Crippen MR) is 80.3 cm³/mol. The third-order valence-electron chi connectivity index (χ3n) is 3.38. The molecular weight excluding hydrogens is 307 g/mol. The van der Waals surface area contributed by atoms with Crippen molar-refractivity contribution >= 4 is 5.91 Å². The van der Waals surface area contributed by atoms with Crippen molar-refractivity contribution in [2.45, 2.75) is 19.6 Å². The van der Waals surface area contributed by atoms with Crippen molar-refractivity contribution in [2.24, 2.45) is 0 Å². The van der Waals surface area contributed by atoms with Gasteiger partial charge >= 0.3 is 6.18 Å². The minimum atomic E-state index is -4.52. The Kier molecular flexibility index (Phi) is 4.93. The van der Waals surface area contributed by atoms with E-state index in [1.807, 2.05) is 6.92 Å². The highest BCUT2D eigenvalue weighted by molar-refractivity contribution is 5.94. The van der Waals surface area contributed by atoms with Crippen molar-refractivity contribution in [1.82, 2.24) is 5.32 Å². The van der Waals surface area contributed by atoms with Crippen molar-refractivity contribution in [3.8, 4) is 5.75 Å². The number of halogens is 3. The number of alkyl halides is 3. The number of hydrogen-bond acceptors (Lipinski definition) is 2. The van der Waals surface area contributed by atoms with Gasteiger partial charge < -0.3 is 10.1 Å². The van der Waals surface area contributed by atoms with Crippen molar-refractivity contribution in [2.75, 3.05) is 7.11 Å². The molecule has 122 valence electrons. The number of aryl methyl sites for hydroxylation is 1. The zero-order valence-corrected chi connectivity index (χ0v) is 12.7. The fourth-order valence-corrected chi connectivity index (χ4v) is 2.08. The first kappa shape index (κ1) is 16.9. The lowest BCUT2D eigenvalue weighted by atomic mass is 10.1. The van der Waals surface area contributed by atoms with Crippen LogP contribution in [-0.2, 0) is 12.7 Å². The van der Waals surface area contributed by atoms with E-state index in [1.165, 1.54) is 19.2 Å². The predicted octanol–water partition coefficient (Wildman–Crippen LogP) is 3.95. The van der Waals surface area contributed by atoms with Crippen LogP contribution in [0, 0.1) is 6.92 Å². The average molecular weight is 323 g/mol. The Morgan fingerprint density at radius 3 is 2.35 bits per heavy atom. The molecule has 3 nitrogen and oxygen atoms in total. The highest BCUT2D eigenvalue weighted by Crippen LogP contribution is 2.34. The van der Waals surface area contributed by atoms with Crippen LogP contribution in [0.1, 0.15) is 27.0 Å². The molecule has 0 saturated carbocycles. The second kappa shape index (κ2) is 6.73. The van der Waals surface area contributed by atoms with Gasteiger partial charge in [0.15, 0.2) is 0 Å². The molecule has 0 saturated heterocycles. The van der Waals surface area contributed by atoms with Crippen molar-refractivity contribution in [3.63, 3.8) is 0 Å². The second-order valence-corrected chi connectivity index (χ2v) is 5.07. The Morgan fingerprint density at radius 1 is 1.13 bits per heavy atom. The van der Waals surface area contributed by atoms with Gasteiger partial charge in [-0.25, -0.2) is 0 Å². The number of nitrogens with one attached hydrogen (secondary N) is 1. The maximum Gasteiger partial charge on any atom is 0.416 e. The van der Waals surface area contributed by atoms with Crippen molar-refractivity contribution in [1.29, 1.82) is 0 Å². The summed E-state index contributed by atoms with van der Waals surface area (Å²) < 4.78 is 44.1. The van der Waals surface area contributed by atoms with E-state index in [0.29, 0.717) is 5.56 Å². The second-order valence-electron chi connectivity index (χ2n) is 5.07. The van der Waals surface area contributed by atoms with Crippen LogP contribution in [0.5, 0.6) is 5.75 Å². The summed E-state index contributed by atoms with van der Waals surface area (Å²) in [6.45, 7) is 1.67. The molecule has 0 aliphatic rings. The lowest BCUT2D eigenvalue weighted by Crippen LogP contribution is -2.24.